The number of anilines is 1. The zero-order chi connectivity index (χ0) is 18.1. The van der Waals surface area contributed by atoms with Crippen molar-refractivity contribution in [2.75, 3.05) is 11.9 Å². The third kappa shape index (κ3) is 6.26. The van der Waals surface area contributed by atoms with Crippen molar-refractivity contribution in [2.45, 2.75) is 39.0 Å². The average molecular weight is 380 g/mol. The van der Waals surface area contributed by atoms with Gasteiger partial charge in [0.25, 0.3) is 5.91 Å². The van der Waals surface area contributed by atoms with Gasteiger partial charge < -0.3 is 10.1 Å². The van der Waals surface area contributed by atoms with E-state index < -0.39 is 0 Å². The lowest BCUT2D eigenvalue weighted by Gasteiger charge is -2.12. The van der Waals surface area contributed by atoms with E-state index in [0.29, 0.717) is 33.7 Å². The van der Waals surface area contributed by atoms with E-state index in [2.05, 4.69) is 12.2 Å². The van der Waals surface area contributed by atoms with Crippen LogP contribution in [0.2, 0.25) is 10.0 Å². The normalized spacial score (nSPS) is 10.5. The molecule has 2 rings (SSSR count). The van der Waals surface area contributed by atoms with Crippen molar-refractivity contribution in [1.29, 1.82) is 0 Å². The van der Waals surface area contributed by atoms with E-state index in [0.717, 1.165) is 12.8 Å². The predicted molar refractivity (Wildman–Crippen MR) is 105 cm³/mol. The number of carbonyl (C=O) groups is 1. The highest BCUT2D eigenvalue weighted by atomic mass is 35.5. The number of para-hydroxylation sites is 1. The Morgan fingerprint density at radius 1 is 1.00 bits per heavy atom. The van der Waals surface area contributed by atoms with Gasteiger partial charge in [-0.3, -0.25) is 4.79 Å². The average Bonchev–Trinajstić information content (AvgIpc) is 2.60. The molecule has 25 heavy (non-hydrogen) atoms. The summed E-state index contributed by atoms with van der Waals surface area (Å²) in [5, 5.41) is 3.50. The van der Waals surface area contributed by atoms with Crippen LogP contribution in [0.1, 0.15) is 49.4 Å². The van der Waals surface area contributed by atoms with Gasteiger partial charge in [0.15, 0.2) is 5.75 Å². The minimum atomic E-state index is -0.263. The van der Waals surface area contributed by atoms with Gasteiger partial charge in [0, 0.05) is 11.3 Å². The molecule has 3 nitrogen and oxygen atoms in total. The lowest BCUT2D eigenvalue weighted by molar-refractivity contribution is 0.102. The van der Waals surface area contributed by atoms with E-state index in [1.807, 2.05) is 30.3 Å². The topological polar surface area (TPSA) is 38.3 Å². The second-order valence-corrected chi connectivity index (χ2v) is 6.67. The lowest BCUT2D eigenvalue weighted by atomic mass is 10.1. The van der Waals surface area contributed by atoms with E-state index in [4.69, 9.17) is 27.9 Å². The van der Waals surface area contributed by atoms with Crippen LogP contribution in [0.3, 0.4) is 0 Å². The summed E-state index contributed by atoms with van der Waals surface area (Å²) in [6.45, 7) is 2.75. The highest BCUT2D eigenvalue weighted by Gasteiger charge is 2.14. The van der Waals surface area contributed by atoms with Crippen molar-refractivity contribution >= 4 is 34.8 Å². The molecule has 0 aliphatic rings. The number of rotatable bonds is 9. The van der Waals surface area contributed by atoms with Crippen molar-refractivity contribution < 1.29 is 9.53 Å². The molecular weight excluding hydrogens is 357 g/mol. The van der Waals surface area contributed by atoms with Crippen LogP contribution >= 0.6 is 23.2 Å². The summed E-state index contributed by atoms with van der Waals surface area (Å²) in [5.74, 6) is 0.177. The van der Waals surface area contributed by atoms with Crippen molar-refractivity contribution in [3.8, 4) is 5.75 Å². The first-order valence-corrected chi connectivity index (χ1v) is 9.35. The van der Waals surface area contributed by atoms with Crippen LogP contribution in [0.5, 0.6) is 5.75 Å². The molecule has 134 valence electrons. The first-order valence-electron chi connectivity index (χ1n) is 8.60. The van der Waals surface area contributed by atoms with E-state index in [-0.39, 0.29) is 5.91 Å². The van der Waals surface area contributed by atoms with Gasteiger partial charge in [-0.15, -0.1) is 0 Å². The van der Waals surface area contributed by atoms with Gasteiger partial charge in [-0.25, -0.2) is 0 Å². The minimum Gasteiger partial charge on any atom is -0.490 e. The zero-order valence-corrected chi connectivity index (χ0v) is 15.9. The van der Waals surface area contributed by atoms with Gasteiger partial charge in [-0.05, 0) is 30.7 Å². The van der Waals surface area contributed by atoms with Crippen LogP contribution in [0.25, 0.3) is 0 Å². The van der Waals surface area contributed by atoms with Crippen LogP contribution in [-0.4, -0.2) is 12.5 Å². The molecule has 1 amide bonds. The Kier molecular flexibility index (Phi) is 8.10. The smallest absolute Gasteiger partial charge is 0.255 e. The Morgan fingerprint density at radius 2 is 1.64 bits per heavy atom. The van der Waals surface area contributed by atoms with Gasteiger partial charge in [-0.1, -0.05) is 74.0 Å². The molecule has 0 radical (unpaired) electrons. The fraction of sp³-hybridized carbons (Fsp3) is 0.350. The fourth-order valence-electron chi connectivity index (χ4n) is 2.43. The maximum absolute atomic E-state index is 12.3. The van der Waals surface area contributed by atoms with E-state index in [9.17, 15) is 4.79 Å². The third-order valence-corrected chi connectivity index (χ3v) is 4.35. The number of halogens is 2. The minimum absolute atomic E-state index is 0.263. The molecule has 0 saturated carbocycles. The Balaban J connectivity index is 1.95. The van der Waals surface area contributed by atoms with Crippen LogP contribution in [-0.2, 0) is 0 Å². The summed E-state index contributed by atoms with van der Waals surface area (Å²) in [7, 11) is 0. The highest BCUT2D eigenvalue weighted by molar-refractivity contribution is 6.37. The number of ether oxygens (including phenoxy) is 1. The highest BCUT2D eigenvalue weighted by Crippen LogP contribution is 2.34. The van der Waals surface area contributed by atoms with Crippen molar-refractivity contribution in [1.82, 2.24) is 0 Å². The lowest BCUT2D eigenvalue weighted by Crippen LogP contribution is -2.12. The summed E-state index contributed by atoms with van der Waals surface area (Å²) < 4.78 is 5.71. The summed E-state index contributed by atoms with van der Waals surface area (Å²) >= 11 is 12.5. The van der Waals surface area contributed by atoms with Crippen molar-refractivity contribution in [3.63, 3.8) is 0 Å². The van der Waals surface area contributed by atoms with E-state index in [1.165, 1.54) is 19.3 Å². The molecule has 0 spiro atoms. The van der Waals surface area contributed by atoms with Gasteiger partial charge >= 0.3 is 0 Å². The number of nitrogens with one attached hydrogen (secondary N) is 1. The first kappa shape index (κ1) is 19.6. The summed E-state index contributed by atoms with van der Waals surface area (Å²) in [5.41, 5.74) is 1.11. The van der Waals surface area contributed by atoms with Crippen LogP contribution in [0.15, 0.2) is 42.5 Å². The van der Waals surface area contributed by atoms with Crippen LogP contribution in [0.4, 0.5) is 5.69 Å². The van der Waals surface area contributed by atoms with Crippen molar-refractivity contribution in [3.05, 3.63) is 58.1 Å². The Bertz CT molecular complexity index is 666. The Morgan fingerprint density at radius 3 is 2.28 bits per heavy atom. The van der Waals surface area contributed by atoms with Crippen LogP contribution < -0.4 is 10.1 Å². The predicted octanol–water partition coefficient (Wildman–Crippen LogP) is 6.59. The molecule has 0 bridgehead atoms. The van der Waals surface area contributed by atoms with Crippen LogP contribution in [0, 0.1) is 0 Å². The number of benzene rings is 2. The Hall–Kier alpha value is -1.71. The molecular formula is C20H23Cl2NO2. The molecule has 2 aromatic carbocycles. The number of unbranched alkanes of at least 4 members (excludes halogenated alkanes) is 4. The molecule has 0 heterocycles. The third-order valence-electron chi connectivity index (χ3n) is 3.79. The van der Waals surface area contributed by atoms with Gasteiger partial charge in [-0.2, -0.15) is 0 Å². The van der Waals surface area contributed by atoms with Gasteiger partial charge in [0.05, 0.1) is 16.7 Å². The number of amides is 1. The fourth-order valence-corrected chi connectivity index (χ4v) is 3.03. The standard InChI is InChI=1S/C20H23Cl2NO2/c1-2-3-4-5-9-12-25-19-17(21)13-15(14-18(19)22)20(24)23-16-10-7-6-8-11-16/h6-8,10-11,13-14H,2-5,9,12H2,1H3,(H,23,24). The molecule has 2 aromatic rings. The molecule has 0 aliphatic heterocycles. The quantitative estimate of drug-likeness (QED) is 0.498. The number of hydrogen-bond acceptors (Lipinski definition) is 2. The maximum Gasteiger partial charge on any atom is 0.255 e. The molecule has 0 aromatic heterocycles. The van der Waals surface area contributed by atoms with Gasteiger partial charge in [0.1, 0.15) is 0 Å². The molecule has 0 unspecified atom stereocenters. The van der Waals surface area contributed by atoms with Gasteiger partial charge in [0.2, 0.25) is 0 Å². The largest absolute Gasteiger partial charge is 0.490 e. The van der Waals surface area contributed by atoms with Crippen molar-refractivity contribution in [2.24, 2.45) is 0 Å². The SMILES string of the molecule is CCCCCCCOc1c(Cl)cc(C(=O)Nc2ccccc2)cc1Cl. The number of carbonyl (C=O) groups excluding carboxylic acids is 1. The van der Waals surface area contributed by atoms with E-state index in [1.54, 1.807) is 12.1 Å². The van der Waals surface area contributed by atoms with E-state index >= 15 is 0 Å². The Labute approximate surface area is 159 Å². The summed E-state index contributed by atoms with van der Waals surface area (Å²) in [6.07, 6.45) is 5.75. The molecule has 1 N–H and O–H groups in total. The molecule has 0 saturated heterocycles. The molecule has 0 fully saturated rings. The first-order chi connectivity index (χ1) is 12.1. The molecule has 0 aliphatic carbocycles. The monoisotopic (exact) mass is 379 g/mol. The summed E-state index contributed by atoms with van der Waals surface area (Å²) in [6, 6.07) is 12.4. The second kappa shape index (κ2) is 10.3. The maximum atomic E-state index is 12.3. The molecule has 5 heteroatoms. The second-order valence-electron chi connectivity index (χ2n) is 5.85. The number of hydrogen-bond donors (Lipinski definition) is 1. The zero-order valence-electron chi connectivity index (χ0n) is 14.4. The summed E-state index contributed by atoms with van der Waals surface area (Å²) in [4.78, 5) is 12.3. The molecule has 0 atom stereocenters.